The summed E-state index contributed by atoms with van der Waals surface area (Å²) in [5.41, 5.74) is 12.8. The largest absolute Gasteiger partial charge is 0.364 e. The molecular weight excluding hydrogens is 362 g/mol. The first-order valence-corrected chi connectivity index (χ1v) is 8.78. The topological polar surface area (TPSA) is 127 Å². The third-order valence-electron chi connectivity index (χ3n) is 4.55. The zero-order chi connectivity index (χ0) is 17.3. The van der Waals surface area contributed by atoms with Gasteiger partial charge in [-0.3, -0.25) is 9.59 Å². The van der Waals surface area contributed by atoms with E-state index in [2.05, 4.69) is 15.3 Å². The van der Waals surface area contributed by atoms with Crippen molar-refractivity contribution in [3.63, 3.8) is 0 Å². The van der Waals surface area contributed by atoms with Gasteiger partial charge in [-0.2, -0.15) is 0 Å². The number of hydrogen-bond donors (Lipinski definition) is 4. The molecule has 3 rings (SSSR count). The Bertz CT molecular complexity index is 770. The first-order valence-electron chi connectivity index (χ1n) is 7.91. The second kappa shape index (κ2) is 7.55. The molecule has 0 spiro atoms. The van der Waals surface area contributed by atoms with E-state index in [1.165, 1.54) is 11.3 Å². The SMILES string of the molecule is CC1(N)CCCCC1C(=O)Nc1nc(-c2c[nH]c(C(N)=O)c2)cs1.Cl. The fourth-order valence-electron chi connectivity index (χ4n) is 3.13. The van der Waals surface area contributed by atoms with Gasteiger partial charge in [0.25, 0.3) is 5.91 Å². The van der Waals surface area contributed by atoms with E-state index in [1.54, 1.807) is 12.3 Å². The third-order valence-corrected chi connectivity index (χ3v) is 5.31. The van der Waals surface area contributed by atoms with Gasteiger partial charge in [-0.15, -0.1) is 23.7 Å². The summed E-state index contributed by atoms with van der Waals surface area (Å²) in [6.45, 7) is 1.94. The number of thiazole rings is 1. The van der Waals surface area contributed by atoms with Crippen molar-refractivity contribution in [2.75, 3.05) is 5.32 Å². The van der Waals surface area contributed by atoms with E-state index in [9.17, 15) is 9.59 Å². The molecule has 0 radical (unpaired) electrons. The molecule has 0 aliphatic heterocycles. The molecule has 0 saturated heterocycles. The van der Waals surface area contributed by atoms with Crippen molar-refractivity contribution >= 4 is 40.7 Å². The Morgan fingerprint density at radius 3 is 2.84 bits per heavy atom. The lowest BCUT2D eigenvalue weighted by atomic mass is 9.74. The maximum Gasteiger partial charge on any atom is 0.265 e. The van der Waals surface area contributed by atoms with Crippen LogP contribution in [0.5, 0.6) is 0 Å². The number of nitrogens with two attached hydrogens (primary N) is 2. The van der Waals surface area contributed by atoms with Crippen LogP contribution in [0.4, 0.5) is 5.13 Å². The number of anilines is 1. The number of rotatable bonds is 4. The lowest BCUT2D eigenvalue weighted by Gasteiger charge is -2.36. The second-order valence-electron chi connectivity index (χ2n) is 6.50. The van der Waals surface area contributed by atoms with Crippen LogP contribution in [0.15, 0.2) is 17.6 Å². The number of nitrogens with zero attached hydrogens (tertiary/aromatic N) is 1. The minimum Gasteiger partial charge on any atom is -0.364 e. The number of carbonyl (C=O) groups is 2. The molecule has 2 aromatic rings. The normalized spacial score (nSPS) is 22.9. The second-order valence-corrected chi connectivity index (χ2v) is 7.36. The highest BCUT2D eigenvalue weighted by molar-refractivity contribution is 7.14. The summed E-state index contributed by atoms with van der Waals surface area (Å²) in [5.74, 6) is -0.802. The minimum absolute atomic E-state index is 0. The molecule has 9 heteroatoms. The van der Waals surface area contributed by atoms with Crippen LogP contribution in [-0.4, -0.2) is 27.3 Å². The summed E-state index contributed by atoms with van der Waals surface area (Å²) in [5, 5.41) is 5.23. The van der Waals surface area contributed by atoms with Crippen molar-refractivity contribution in [2.24, 2.45) is 17.4 Å². The zero-order valence-electron chi connectivity index (χ0n) is 13.9. The molecule has 1 aliphatic rings. The Morgan fingerprint density at radius 2 is 2.20 bits per heavy atom. The number of amides is 2. The fourth-order valence-corrected chi connectivity index (χ4v) is 3.85. The fraction of sp³-hybridized carbons (Fsp3) is 0.438. The predicted molar refractivity (Wildman–Crippen MR) is 101 cm³/mol. The van der Waals surface area contributed by atoms with Crippen LogP contribution in [0.1, 0.15) is 43.1 Å². The summed E-state index contributed by atoms with van der Waals surface area (Å²) in [7, 11) is 0. The van der Waals surface area contributed by atoms with Crippen LogP contribution >= 0.6 is 23.7 Å². The highest BCUT2D eigenvalue weighted by Crippen LogP contribution is 2.33. The molecule has 0 aromatic carbocycles. The first-order chi connectivity index (χ1) is 11.4. The number of carbonyl (C=O) groups excluding carboxylic acids is 2. The van der Waals surface area contributed by atoms with Crippen LogP contribution in [0, 0.1) is 5.92 Å². The van der Waals surface area contributed by atoms with Gasteiger partial charge in [0, 0.05) is 22.7 Å². The average Bonchev–Trinajstić information content (AvgIpc) is 3.15. The Balaban J connectivity index is 0.00000225. The molecule has 2 aromatic heterocycles. The molecule has 1 fully saturated rings. The van der Waals surface area contributed by atoms with Gasteiger partial charge in [-0.25, -0.2) is 4.98 Å². The van der Waals surface area contributed by atoms with E-state index in [0.717, 1.165) is 31.2 Å². The number of hydrogen-bond acceptors (Lipinski definition) is 5. The number of primary amides is 1. The van der Waals surface area contributed by atoms with Gasteiger partial charge in [0.05, 0.1) is 11.6 Å². The zero-order valence-corrected chi connectivity index (χ0v) is 15.5. The van der Waals surface area contributed by atoms with E-state index in [4.69, 9.17) is 11.5 Å². The third kappa shape index (κ3) is 4.20. The van der Waals surface area contributed by atoms with Crippen molar-refractivity contribution in [1.82, 2.24) is 9.97 Å². The molecule has 25 heavy (non-hydrogen) atoms. The van der Waals surface area contributed by atoms with Crippen molar-refractivity contribution < 1.29 is 9.59 Å². The minimum atomic E-state index is -0.524. The Labute approximate surface area is 156 Å². The van der Waals surface area contributed by atoms with E-state index in [-0.39, 0.29) is 24.2 Å². The van der Waals surface area contributed by atoms with Gasteiger partial charge in [-0.05, 0) is 25.8 Å². The monoisotopic (exact) mass is 383 g/mol. The number of aromatic amines is 1. The van der Waals surface area contributed by atoms with Crippen molar-refractivity contribution in [1.29, 1.82) is 0 Å². The molecule has 6 N–H and O–H groups in total. The smallest absolute Gasteiger partial charge is 0.265 e. The highest BCUT2D eigenvalue weighted by atomic mass is 35.5. The van der Waals surface area contributed by atoms with Crippen LogP contribution in [0.2, 0.25) is 0 Å². The number of nitrogens with one attached hydrogen (secondary N) is 2. The van der Waals surface area contributed by atoms with Gasteiger partial charge >= 0.3 is 0 Å². The van der Waals surface area contributed by atoms with Gasteiger partial charge in [0.2, 0.25) is 5.91 Å². The molecular formula is C16H22ClN5O2S. The summed E-state index contributed by atoms with van der Waals surface area (Å²) < 4.78 is 0. The summed E-state index contributed by atoms with van der Waals surface area (Å²) in [4.78, 5) is 30.9. The Morgan fingerprint density at radius 1 is 1.44 bits per heavy atom. The van der Waals surface area contributed by atoms with Gasteiger partial charge in [0.15, 0.2) is 5.13 Å². The van der Waals surface area contributed by atoms with Gasteiger partial charge < -0.3 is 21.8 Å². The first kappa shape index (κ1) is 19.4. The number of H-pyrrole nitrogens is 1. The van der Waals surface area contributed by atoms with Crippen LogP contribution in [-0.2, 0) is 4.79 Å². The maximum atomic E-state index is 12.5. The van der Waals surface area contributed by atoms with Crippen molar-refractivity contribution in [2.45, 2.75) is 38.1 Å². The van der Waals surface area contributed by atoms with Crippen LogP contribution in [0.25, 0.3) is 11.3 Å². The lowest BCUT2D eigenvalue weighted by Crippen LogP contribution is -2.51. The molecule has 2 amide bonds. The molecule has 0 bridgehead atoms. The van der Waals surface area contributed by atoms with E-state index in [0.29, 0.717) is 16.5 Å². The number of halogens is 1. The van der Waals surface area contributed by atoms with Crippen LogP contribution < -0.4 is 16.8 Å². The van der Waals surface area contributed by atoms with Crippen molar-refractivity contribution in [3.8, 4) is 11.3 Å². The summed E-state index contributed by atoms with van der Waals surface area (Å²) >= 11 is 1.34. The van der Waals surface area contributed by atoms with Gasteiger partial charge in [0.1, 0.15) is 5.69 Å². The quantitative estimate of drug-likeness (QED) is 0.646. The average molecular weight is 384 g/mol. The van der Waals surface area contributed by atoms with E-state index < -0.39 is 11.4 Å². The summed E-state index contributed by atoms with van der Waals surface area (Å²) in [6.07, 6.45) is 5.41. The Hall–Kier alpha value is -1.90. The van der Waals surface area contributed by atoms with Gasteiger partial charge in [-0.1, -0.05) is 12.8 Å². The molecule has 2 heterocycles. The molecule has 1 saturated carbocycles. The summed E-state index contributed by atoms with van der Waals surface area (Å²) in [6, 6.07) is 1.64. The number of aromatic nitrogens is 2. The molecule has 7 nitrogen and oxygen atoms in total. The molecule has 136 valence electrons. The molecule has 2 unspecified atom stereocenters. The standard InChI is InChI=1S/C16H21N5O2S.ClH/c1-16(18)5-3-2-4-10(16)14(23)21-15-20-12(8-24-15)9-6-11(13(17)22)19-7-9;/h6-8,10,19H,2-5,18H2,1H3,(H2,17,22)(H,20,21,23);1H. The lowest BCUT2D eigenvalue weighted by molar-refractivity contribution is -0.122. The predicted octanol–water partition coefficient (Wildman–Crippen LogP) is 2.51. The van der Waals surface area contributed by atoms with E-state index >= 15 is 0 Å². The Kier molecular flexibility index (Phi) is 5.87. The molecule has 2 atom stereocenters. The van der Waals surface area contributed by atoms with Crippen LogP contribution in [0.3, 0.4) is 0 Å². The van der Waals surface area contributed by atoms with E-state index in [1.807, 2.05) is 12.3 Å². The van der Waals surface area contributed by atoms with Crippen molar-refractivity contribution in [3.05, 3.63) is 23.3 Å². The molecule has 1 aliphatic carbocycles. The highest BCUT2D eigenvalue weighted by Gasteiger charge is 2.38. The maximum absolute atomic E-state index is 12.5.